The van der Waals surface area contributed by atoms with E-state index in [9.17, 15) is 13.2 Å². The minimum Gasteiger partial charge on any atom is -0.403 e. The van der Waals surface area contributed by atoms with Crippen LogP contribution in [0.15, 0.2) is 63.9 Å². The molecule has 0 radical (unpaired) electrons. The molecule has 0 aliphatic rings. The summed E-state index contributed by atoms with van der Waals surface area (Å²) in [6.07, 6.45) is 0.197. The van der Waals surface area contributed by atoms with Gasteiger partial charge in [-0.1, -0.05) is 42.4 Å². The van der Waals surface area contributed by atoms with Gasteiger partial charge in [0.1, 0.15) is 0 Å². The number of hydrogen-bond acceptors (Lipinski definition) is 6. The van der Waals surface area contributed by atoms with Crippen molar-refractivity contribution in [3.05, 3.63) is 60.2 Å². The van der Waals surface area contributed by atoms with Crippen LogP contribution in [0.5, 0.6) is 0 Å². The molecule has 1 heterocycles. The van der Waals surface area contributed by atoms with Crippen molar-refractivity contribution in [2.24, 2.45) is 0 Å². The Labute approximate surface area is 151 Å². The molecule has 134 valence electrons. The highest BCUT2D eigenvalue weighted by atomic mass is 32.2. The van der Waals surface area contributed by atoms with Crippen molar-refractivity contribution in [3.63, 3.8) is 0 Å². The third-order valence-corrected chi connectivity index (χ3v) is 5.47. The van der Waals surface area contributed by atoms with Crippen LogP contribution >= 0.6 is 0 Å². The molecular formula is C18H17N3O4S. The van der Waals surface area contributed by atoms with Crippen LogP contribution in [0.1, 0.15) is 12.5 Å². The zero-order valence-electron chi connectivity index (χ0n) is 14.0. The highest BCUT2D eigenvalue weighted by molar-refractivity contribution is 7.91. The molecule has 7 nitrogen and oxygen atoms in total. The largest absolute Gasteiger partial charge is 0.403 e. The molecule has 0 fully saturated rings. The van der Waals surface area contributed by atoms with Gasteiger partial charge >= 0.3 is 6.01 Å². The van der Waals surface area contributed by atoms with Crippen molar-refractivity contribution < 1.29 is 17.6 Å². The fourth-order valence-corrected chi connectivity index (χ4v) is 3.19. The van der Waals surface area contributed by atoms with Crippen LogP contribution in [0, 0.1) is 0 Å². The number of aromatic nitrogens is 2. The van der Waals surface area contributed by atoms with Gasteiger partial charge in [0, 0.05) is 5.56 Å². The Balaban J connectivity index is 1.69. The molecule has 1 aromatic heterocycles. The van der Waals surface area contributed by atoms with Gasteiger partial charge in [-0.15, -0.1) is 5.10 Å². The molecule has 3 aromatic rings. The van der Waals surface area contributed by atoms with Crippen LogP contribution in [0.4, 0.5) is 6.01 Å². The van der Waals surface area contributed by atoms with Crippen LogP contribution in [-0.2, 0) is 21.1 Å². The molecule has 2 aromatic carbocycles. The highest BCUT2D eigenvalue weighted by Crippen LogP contribution is 2.22. The maximum absolute atomic E-state index is 12.0. The summed E-state index contributed by atoms with van der Waals surface area (Å²) in [6, 6.07) is 15.4. The van der Waals surface area contributed by atoms with Gasteiger partial charge in [0.2, 0.25) is 11.8 Å². The third-order valence-electron chi connectivity index (χ3n) is 3.72. The Bertz CT molecular complexity index is 996. The Kier molecular flexibility index (Phi) is 5.13. The van der Waals surface area contributed by atoms with Crippen molar-refractivity contribution in [2.75, 3.05) is 11.1 Å². The summed E-state index contributed by atoms with van der Waals surface area (Å²) < 4.78 is 29.1. The number of anilines is 1. The van der Waals surface area contributed by atoms with Gasteiger partial charge in [0.15, 0.2) is 9.84 Å². The van der Waals surface area contributed by atoms with Gasteiger partial charge in [-0.25, -0.2) is 8.42 Å². The smallest absolute Gasteiger partial charge is 0.322 e. The van der Waals surface area contributed by atoms with Crippen LogP contribution in [0.25, 0.3) is 11.5 Å². The van der Waals surface area contributed by atoms with E-state index in [0.29, 0.717) is 5.56 Å². The van der Waals surface area contributed by atoms with E-state index in [1.807, 2.05) is 30.3 Å². The summed E-state index contributed by atoms with van der Waals surface area (Å²) in [5, 5.41) is 10.2. The molecule has 0 unspecified atom stereocenters. The SMILES string of the molecule is CCS(=O)(=O)c1ccc(-c2nnc(NC(=O)Cc3ccccc3)o2)cc1. The van der Waals surface area contributed by atoms with Crippen molar-refractivity contribution in [2.45, 2.75) is 18.2 Å². The number of sulfone groups is 1. The van der Waals surface area contributed by atoms with Gasteiger partial charge in [0.25, 0.3) is 0 Å². The zero-order valence-corrected chi connectivity index (χ0v) is 14.9. The van der Waals surface area contributed by atoms with Crippen molar-refractivity contribution in [1.29, 1.82) is 0 Å². The number of benzene rings is 2. The molecule has 26 heavy (non-hydrogen) atoms. The molecule has 0 spiro atoms. The molecule has 0 atom stereocenters. The van der Waals surface area contributed by atoms with E-state index >= 15 is 0 Å². The molecule has 1 amide bonds. The minimum atomic E-state index is -3.26. The normalized spacial score (nSPS) is 11.3. The zero-order chi connectivity index (χ0) is 18.6. The first kappa shape index (κ1) is 17.8. The van der Waals surface area contributed by atoms with E-state index in [-0.39, 0.29) is 34.9 Å². The van der Waals surface area contributed by atoms with Crippen LogP contribution in [0.2, 0.25) is 0 Å². The van der Waals surface area contributed by atoms with Crippen LogP contribution < -0.4 is 5.32 Å². The lowest BCUT2D eigenvalue weighted by Gasteiger charge is -2.02. The number of carbonyl (C=O) groups is 1. The minimum absolute atomic E-state index is 0.00816. The van der Waals surface area contributed by atoms with Crippen molar-refractivity contribution in [1.82, 2.24) is 10.2 Å². The Hall–Kier alpha value is -3.00. The number of carbonyl (C=O) groups excluding carboxylic acids is 1. The quantitative estimate of drug-likeness (QED) is 0.715. The second-order valence-corrected chi connectivity index (χ2v) is 7.83. The summed E-state index contributed by atoms with van der Waals surface area (Å²) >= 11 is 0. The average molecular weight is 371 g/mol. The standard InChI is InChI=1S/C18H17N3O4S/c1-2-26(23,24)15-10-8-14(9-11-15)17-20-21-18(25-17)19-16(22)12-13-6-4-3-5-7-13/h3-11H,2,12H2,1H3,(H,19,21,22). The summed E-state index contributed by atoms with van der Waals surface area (Å²) in [5.74, 6) is -0.0407. The first-order chi connectivity index (χ1) is 12.5. The van der Waals surface area contributed by atoms with E-state index < -0.39 is 9.84 Å². The maximum atomic E-state index is 12.0. The first-order valence-corrected chi connectivity index (χ1v) is 9.63. The predicted octanol–water partition coefficient (Wildman–Crippen LogP) is 2.71. The Morgan fingerprint density at radius 2 is 1.73 bits per heavy atom. The second-order valence-electron chi connectivity index (χ2n) is 5.55. The number of nitrogens with one attached hydrogen (secondary N) is 1. The van der Waals surface area contributed by atoms with Gasteiger partial charge in [-0.3, -0.25) is 10.1 Å². The summed E-state index contributed by atoms with van der Waals surface area (Å²) in [5.41, 5.74) is 1.44. The molecule has 0 saturated heterocycles. The number of amides is 1. The van der Waals surface area contributed by atoms with Crippen LogP contribution in [0.3, 0.4) is 0 Å². The molecule has 0 aliphatic heterocycles. The van der Waals surface area contributed by atoms with Crippen molar-refractivity contribution in [3.8, 4) is 11.5 Å². The summed E-state index contributed by atoms with van der Waals surface area (Å²) in [4.78, 5) is 12.2. The van der Waals surface area contributed by atoms with Gasteiger partial charge in [-0.05, 0) is 29.8 Å². The second kappa shape index (κ2) is 7.49. The van der Waals surface area contributed by atoms with E-state index in [1.54, 1.807) is 19.1 Å². The van der Waals surface area contributed by atoms with Crippen molar-refractivity contribution >= 4 is 21.8 Å². The molecule has 8 heteroatoms. The lowest BCUT2D eigenvalue weighted by atomic mass is 10.1. The molecule has 0 bridgehead atoms. The maximum Gasteiger partial charge on any atom is 0.322 e. The number of rotatable bonds is 6. The number of nitrogens with zero attached hydrogens (tertiary/aromatic N) is 2. The van der Waals surface area contributed by atoms with Gasteiger partial charge in [-0.2, -0.15) is 0 Å². The fourth-order valence-electron chi connectivity index (χ4n) is 2.31. The average Bonchev–Trinajstić information content (AvgIpc) is 3.11. The predicted molar refractivity (Wildman–Crippen MR) is 96.2 cm³/mol. The third kappa shape index (κ3) is 4.15. The Morgan fingerprint density at radius 1 is 1.04 bits per heavy atom. The summed E-state index contributed by atoms with van der Waals surface area (Å²) in [7, 11) is -3.26. The molecule has 0 aliphatic carbocycles. The highest BCUT2D eigenvalue weighted by Gasteiger charge is 2.14. The van der Waals surface area contributed by atoms with E-state index in [0.717, 1.165) is 5.56 Å². The molecule has 1 N–H and O–H groups in total. The van der Waals surface area contributed by atoms with E-state index in [4.69, 9.17) is 4.42 Å². The van der Waals surface area contributed by atoms with E-state index in [2.05, 4.69) is 15.5 Å². The first-order valence-electron chi connectivity index (χ1n) is 7.98. The Morgan fingerprint density at radius 3 is 2.38 bits per heavy atom. The molecule has 0 saturated carbocycles. The van der Waals surface area contributed by atoms with Crippen LogP contribution in [-0.4, -0.2) is 30.3 Å². The van der Waals surface area contributed by atoms with Gasteiger partial charge in [0.05, 0.1) is 17.1 Å². The number of hydrogen-bond donors (Lipinski definition) is 1. The molecular weight excluding hydrogens is 354 g/mol. The monoisotopic (exact) mass is 371 g/mol. The molecule has 3 rings (SSSR count). The fraction of sp³-hybridized carbons (Fsp3) is 0.167. The van der Waals surface area contributed by atoms with Gasteiger partial charge < -0.3 is 4.42 Å². The summed E-state index contributed by atoms with van der Waals surface area (Å²) in [6.45, 7) is 1.59. The topological polar surface area (TPSA) is 102 Å². The van der Waals surface area contributed by atoms with E-state index in [1.165, 1.54) is 12.1 Å². The lowest BCUT2D eigenvalue weighted by Crippen LogP contribution is -2.14. The lowest BCUT2D eigenvalue weighted by molar-refractivity contribution is -0.115.